The highest BCUT2D eigenvalue weighted by atomic mass is 32.1. The molecule has 0 aromatic carbocycles. The molecule has 9 heteroatoms. The predicted octanol–water partition coefficient (Wildman–Crippen LogP) is 3.53. The van der Waals surface area contributed by atoms with Crippen LogP contribution >= 0.6 is 11.3 Å². The Morgan fingerprint density at radius 2 is 2.28 bits per heavy atom. The predicted molar refractivity (Wildman–Crippen MR) is 115 cm³/mol. The van der Waals surface area contributed by atoms with E-state index in [0.717, 1.165) is 22.0 Å². The van der Waals surface area contributed by atoms with Crippen LogP contribution in [-0.2, 0) is 11.8 Å². The summed E-state index contributed by atoms with van der Waals surface area (Å²) in [5.74, 6) is 1.39. The van der Waals surface area contributed by atoms with Gasteiger partial charge in [-0.1, -0.05) is 13.8 Å². The largest absolute Gasteiger partial charge is 0.462 e. The Hall–Kier alpha value is -2.94. The molecule has 0 amide bonds. The van der Waals surface area contributed by atoms with Gasteiger partial charge in [0.2, 0.25) is 0 Å². The lowest BCUT2D eigenvalue weighted by molar-refractivity contribution is 0.0530. The second-order valence-corrected chi connectivity index (χ2v) is 8.26. The molecular weight excluding hydrogens is 388 g/mol. The van der Waals surface area contributed by atoms with Crippen molar-refractivity contribution in [2.24, 2.45) is 17.0 Å². The maximum atomic E-state index is 12.3. The highest BCUT2D eigenvalue weighted by Crippen LogP contribution is 2.34. The molecule has 0 aliphatic carbocycles. The molecule has 8 nitrogen and oxygen atoms in total. The molecule has 2 aromatic rings. The Bertz CT molecular complexity index is 1020. The topological polar surface area (TPSA) is 84.1 Å². The third-order valence-electron chi connectivity index (χ3n) is 4.83. The zero-order chi connectivity index (χ0) is 20.5. The van der Waals surface area contributed by atoms with E-state index < -0.39 is 0 Å². The molecule has 0 saturated heterocycles. The maximum absolute atomic E-state index is 12.3. The fourth-order valence-electron chi connectivity index (χ4n) is 3.43. The molecule has 2 aliphatic rings. The number of hydrogen-bond donors (Lipinski definition) is 1. The lowest BCUT2D eigenvalue weighted by Crippen LogP contribution is -2.36. The van der Waals surface area contributed by atoms with Gasteiger partial charge in [-0.15, -0.1) is 11.3 Å². The molecule has 1 N–H and O–H groups in total. The monoisotopic (exact) mass is 412 g/mol. The molecule has 0 radical (unpaired) electrons. The molecule has 0 bridgehead atoms. The van der Waals surface area contributed by atoms with E-state index in [1.54, 1.807) is 10.9 Å². The van der Waals surface area contributed by atoms with Crippen molar-refractivity contribution >= 4 is 34.0 Å². The van der Waals surface area contributed by atoms with Crippen LogP contribution in [0.4, 0.5) is 5.00 Å². The third kappa shape index (κ3) is 3.69. The Labute approximate surface area is 173 Å². The van der Waals surface area contributed by atoms with E-state index in [9.17, 15) is 4.79 Å². The second-order valence-electron chi connectivity index (χ2n) is 7.21. The first kappa shape index (κ1) is 19.4. The molecule has 1 unspecified atom stereocenters. The normalized spacial score (nSPS) is 18.0. The quantitative estimate of drug-likeness (QED) is 0.760. The number of rotatable bonds is 5. The number of carbonyl (C=O) groups is 1. The molecule has 4 rings (SSSR count). The number of fused-ring (bicyclic) bond motifs is 1. The number of aliphatic imine (C=N–C) groups is 2. The lowest BCUT2D eigenvalue weighted by Gasteiger charge is -2.26. The summed E-state index contributed by atoms with van der Waals surface area (Å²) in [6.45, 7) is 6.94. The van der Waals surface area contributed by atoms with E-state index in [0.29, 0.717) is 23.9 Å². The number of carbonyl (C=O) groups excluding carboxylic acids is 1. The van der Waals surface area contributed by atoms with Gasteiger partial charge in [0.15, 0.2) is 11.7 Å². The van der Waals surface area contributed by atoms with Crippen LogP contribution in [0, 0.1) is 0 Å². The van der Waals surface area contributed by atoms with Gasteiger partial charge >= 0.3 is 5.97 Å². The van der Waals surface area contributed by atoms with Crippen molar-refractivity contribution in [2.75, 3.05) is 18.5 Å². The second kappa shape index (κ2) is 7.82. The van der Waals surface area contributed by atoms with E-state index in [1.807, 2.05) is 38.6 Å². The summed E-state index contributed by atoms with van der Waals surface area (Å²) in [6.07, 6.45) is 7.58. The number of amidine groups is 2. The van der Waals surface area contributed by atoms with Crippen LogP contribution in [0.15, 0.2) is 40.8 Å². The molecule has 29 heavy (non-hydrogen) atoms. The number of aryl methyl sites for hydroxylation is 1. The summed E-state index contributed by atoms with van der Waals surface area (Å²) in [6, 6.07) is 2.10. The summed E-state index contributed by atoms with van der Waals surface area (Å²) >= 11 is 1.39. The molecule has 152 valence electrons. The van der Waals surface area contributed by atoms with Crippen molar-refractivity contribution in [3.05, 3.63) is 46.9 Å². The van der Waals surface area contributed by atoms with Crippen LogP contribution in [0.5, 0.6) is 0 Å². The van der Waals surface area contributed by atoms with Crippen LogP contribution in [-0.4, -0.2) is 45.5 Å². The van der Waals surface area contributed by atoms with E-state index in [2.05, 4.69) is 34.2 Å². The Morgan fingerprint density at radius 3 is 2.97 bits per heavy atom. The van der Waals surface area contributed by atoms with Crippen LogP contribution < -0.4 is 5.32 Å². The standard InChI is InChI=1S/C20H24N6O2S/c1-5-28-20(27)17-14(12(2)3)8-16(29-17)24-18-19-22-10-15(26(19)7-6-21-18)13-9-23-25(4)11-13/h6-9,11-12,15H,5,10H2,1-4H3,(H,21,24). The number of hydrogen-bond acceptors (Lipinski definition) is 8. The van der Waals surface area contributed by atoms with Gasteiger partial charge in [0, 0.05) is 31.2 Å². The van der Waals surface area contributed by atoms with Crippen LogP contribution in [0.1, 0.15) is 53.5 Å². The van der Waals surface area contributed by atoms with Crippen molar-refractivity contribution in [3.8, 4) is 0 Å². The van der Waals surface area contributed by atoms with E-state index >= 15 is 0 Å². The molecule has 0 spiro atoms. The average molecular weight is 413 g/mol. The highest BCUT2D eigenvalue weighted by Gasteiger charge is 2.33. The van der Waals surface area contributed by atoms with Crippen LogP contribution in [0.2, 0.25) is 0 Å². The zero-order valence-corrected chi connectivity index (χ0v) is 17.7. The Kier molecular flexibility index (Phi) is 5.23. The van der Waals surface area contributed by atoms with Gasteiger partial charge in [-0.25, -0.2) is 9.79 Å². The minimum atomic E-state index is -0.281. The first-order valence-corrected chi connectivity index (χ1v) is 10.4. The molecule has 2 aliphatic heterocycles. The number of thiophene rings is 1. The van der Waals surface area contributed by atoms with Gasteiger partial charge in [-0.3, -0.25) is 9.67 Å². The van der Waals surface area contributed by atoms with Crippen molar-refractivity contribution in [3.63, 3.8) is 0 Å². The first-order valence-electron chi connectivity index (χ1n) is 9.62. The minimum Gasteiger partial charge on any atom is -0.462 e. The maximum Gasteiger partial charge on any atom is 0.348 e. The van der Waals surface area contributed by atoms with Gasteiger partial charge < -0.3 is 15.0 Å². The van der Waals surface area contributed by atoms with E-state index in [-0.39, 0.29) is 17.9 Å². The molecule has 4 heterocycles. The number of ether oxygens (including phenoxy) is 1. The van der Waals surface area contributed by atoms with Crippen molar-refractivity contribution in [1.82, 2.24) is 14.7 Å². The number of nitrogens with zero attached hydrogens (tertiary/aromatic N) is 5. The summed E-state index contributed by atoms with van der Waals surface area (Å²) in [4.78, 5) is 24.3. The molecular formula is C20H24N6O2S. The number of nitrogens with one attached hydrogen (secondary N) is 1. The highest BCUT2D eigenvalue weighted by molar-refractivity contribution is 7.18. The summed E-state index contributed by atoms with van der Waals surface area (Å²) in [5, 5.41) is 8.48. The minimum absolute atomic E-state index is 0.104. The van der Waals surface area contributed by atoms with Crippen molar-refractivity contribution in [1.29, 1.82) is 0 Å². The first-order chi connectivity index (χ1) is 14.0. The van der Waals surface area contributed by atoms with E-state index in [4.69, 9.17) is 9.73 Å². The average Bonchev–Trinajstić information content (AvgIpc) is 3.40. The fourth-order valence-corrected chi connectivity index (χ4v) is 4.54. The summed E-state index contributed by atoms with van der Waals surface area (Å²) in [5.41, 5.74) is 2.08. The summed E-state index contributed by atoms with van der Waals surface area (Å²) < 4.78 is 7.01. The molecule has 0 fully saturated rings. The summed E-state index contributed by atoms with van der Waals surface area (Å²) in [7, 11) is 1.91. The van der Waals surface area contributed by atoms with Crippen molar-refractivity contribution in [2.45, 2.75) is 32.7 Å². The zero-order valence-electron chi connectivity index (χ0n) is 16.9. The van der Waals surface area contributed by atoms with Gasteiger partial charge in [0.1, 0.15) is 4.88 Å². The lowest BCUT2D eigenvalue weighted by atomic mass is 10.0. The fraction of sp³-hybridized carbons (Fsp3) is 0.400. The molecule has 0 saturated carbocycles. The van der Waals surface area contributed by atoms with Crippen LogP contribution in [0.3, 0.4) is 0 Å². The smallest absolute Gasteiger partial charge is 0.348 e. The third-order valence-corrected chi connectivity index (χ3v) is 5.88. The number of aromatic nitrogens is 2. The number of anilines is 1. The Morgan fingerprint density at radius 1 is 1.45 bits per heavy atom. The van der Waals surface area contributed by atoms with Gasteiger partial charge in [0.05, 0.1) is 30.4 Å². The van der Waals surface area contributed by atoms with Gasteiger partial charge in [-0.05, 0) is 24.5 Å². The van der Waals surface area contributed by atoms with Gasteiger partial charge in [0.25, 0.3) is 0 Å². The SMILES string of the molecule is CCOC(=O)c1sc(NC2=NC=CN3C2=NCC3c2cnn(C)c2)cc1C(C)C. The molecule has 2 aromatic heterocycles. The molecule has 1 atom stereocenters. The van der Waals surface area contributed by atoms with Crippen LogP contribution in [0.25, 0.3) is 0 Å². The van der Waals surface area contributed by atoms with Crippen molar-refractivity contribution < 1.29 is 9.53 Å². The number of esters is 1. The van der Waals surface area contributed by atoms with Gasteiger partial charge in [-0.2, -0.15) is 5.10 Å². The Balaban J connectivity index is 1.56. The van der Waals surface area contributed by atoms with E-state index in [1.165, 1.54) is 11.3 Å².